The second kappa shape index (κ2) is 14.7. The Labute approximate surface area is 357 Å². The second-order valence-corrected chi connectivity index (χ2v) is 15.5. The Morgan fingerprint density at radius 2 is 0.806 bits per heavy atom. The molecule has 62 heavy (non-hydrogen) atoms. The van der Waals surface area contributed by atoms with Gasteiger partial charge in [-0.2, -0.15) is 9.97 Å². The van der Waals surface area contributed by atoms with Crippen LogP contribution >= 0.6 is 0 Å². The maximum atomic E-state index is 5.26. The maximum absolute atomic E-state index is 5.26. The van der Waals surface area contributed by atoms with Crippen LogP contribution in [0.3, 0.4) is 0 Å². The average Bonchev–Trinajstić information content (AvgIpc) is 3.85. The molecule has 0 N–H and O–H groups in total. The fourth-order valence-corrected chi connectivity index (χ4v) is 8.90. The molecule has 0 radical (unpaired) electrons. The monoisotopic (exact) mass is 792 g/mol. The highest BCUT2D eigenvalue weighted by molar-refractivity contribution is 6.19. The van der Waals surface area contributed by atoms with Crippen molar-refractivity contribution in [3.05, 3.63) is 219 Å². The molecule has 290 valence electrons. The lowest BCUT2D eigenvalue weighted by molar-refractivity contribution is 0.953. The summed E-state index contributed by atoms with van der Waals surface area (Å²) in [5, 5.41) is 4.61. The number of nitrogens with zero attached hydrogens (tertiary/aromatic N) is 6. The molecule has 0 aliphatic carbocycles. The van der Waals surface area contributed by atoms with Crippen LogP contribution in [0.2, 0.25) is 0 Å². The molecule has 4 aromatic heterocycles. The summed E-state index contributed by atoms with van der Waals surface area (Å²) < 4.78 is 4.59. The van der Waals surface area contributed by atoms with Crippen molar-refractivity contribution in [2.45, 2.75) is 0 Å². The van der Waals surface area contributed by atoms with E-state index < -0.39 is 0 Å². The van der Waals surface area contributed by atoms with E-state index in [4.69, 9.17) is 15.0 Å². The first-order chi connectivity index (χ1) is 30.7. The van der Waals surface area contributed by atoms with Gasteiger partial charge in [-0.3, -0.25) is 9.55 Å². The van der Waals surface area contributed by atoms with Gasteiger partial charge in [-0.1, -0.05) is 146 Å². The van der Waals surface area contributed by atoms with Crippen LogP contribution in [0.25, 0.3) is 112 Å². The van der Waals surface area contributed by atoms with Gasteiger partial charge in [-0.25, -0.2) is 4.98 Å². The highest BCUT2D eigenvalue weighted by atomic mass is 15.2. The summed E-state index contributed by atoms with van der Waals surface area (Å²) in [6.45, 7) is 0. The van der Waals surface area contributed by atoms with Crippen LogP contribution in [0.5, 0.6) is 0 Å². The molecule has 4 heterocycles. The Kier molecular flexibility index (Phi) is 8.38. The van der Waals surface area contributed by atoms with Crippen LogP contribution in [-0.4, -0.2) is 29.1 Å². The summed E-state index contributed by atoms with van der Waals surface area (Å²) in [6, 6.07) is 74.5. The highest BCUT2D eigenvalue weighted by Crippen LogP contribution is 2.41. The Balaban J connectivity index is 1.11. The molecule has 0 fully saturated rings. The normalized spacial score (nSPS) is 11.5. The molecular weight excluding hydrogens is 757 g/mol. The van der Waals surface area contributed by atoms with E-state index in [-0.39, 0.29) is 0 Å². The largest absolute Gasteiger partial charge is 0.309 e. The summed E-state index contributed by atoms with van der Waals surface area (Å²) in [6.07, 6.45) is 1.84. The van der Waals surface area contributed by atoms with E-state index in [2.05, 4.69) is 178 Å². The molecule has 0 atom stereocenters. The van der Waals surface area contributed by atoms with E-state index in [0.717, 1.165) is 83.2 Å². The molecule has 0 aliphatic rings. The quantitative estimate of drug-likeness (QED) is 0.161. The minimum absolute atomic E-state index is 0.557. The third-order valence-corrected chi connectivity index (χ3v) is 11.8. The summed E-state index contributed by atoms with van der Waals surface area (Å²) >= 11 is 0. The molecule has 0 aliphatic heterocycles. The minimum Gasteiger partial charge on any atom is -0.309 e. The predicted octanol–water partition coefficient (Wildman–Crippen LogP) is 13.8. The number of rotatable bonds is 7. The first-order valence-corrected chi connectivity index (χ1v) is 20.8. The van der Waals surface area contributed by atoms with Crippen molar-refractivity contribution in [3.8, 4) is 67.9 Å². The van der Waals surface area contributed by atoms with Gasteiger partial charge in [0.1, 0.15) is 0 Å². The first-order valence-electron chi connectivity index (χ1n) is 20.8. The smallest absolute Gasteiger partial charge is 0.238 e. The van der Waals surface area contributed by atoms with E-state index >= 15 is 0 Å². The average molecular weight is 793 g/mol. The maximum Gasteiger partial charge on any atom is 0.238 e. The van der Waals surface area contributed by atoms with Crippen molar-refractivity contribution in [1.82, 2.24) is 29.1 Å². The lowest BCUT2D eigenvalue weighted by Crippen LogP contribution is -2.06. The molecule has 6 nitrogen and oxygen atoms in total. The summed E-state index contributed by atoms with van der Waals surface area (Å²) in [4.78, 5) is 20.2. The van der Waals surface area contributed by atoms with Gasteiger partial charge in [0.2, 0.25) is 5.95 Å². The topological polar surface area (TPSA) is 61.4 Å². The van der Waals surface area contributed by atoms with E-state index in [1.807, 2.05) is 54.7 Å². The van der Waals surface area contributed by atoms with Gasteiger partial charge in [0.25, 0.3) is 0 Å². The third-order valence-electron chi connectivity index (χ3n) is 11.8. The van der Waals surface area contributed by atoms with Gasteiger partial charge < -0.3 is 4.57 Å². The fraction of sp³-hybridized carbons (Fsp3) is 0. The van der Waals surface area contributed by atoms with E-state index in [1.165, 1.54) is 10.8 Å². The summed E-state index contributed by atoms with van der Waals surface area (Å²) in [5.41, 5.74) is 13.8. The molecule has 0 saturated carbocycles. The number of hydrogen-bond donors (Lipinski definition) is 0. The van der Waals surface area contributed by atoms with E-state index in [1.54, 1.807) is 0 Å². The van der Waals surface area contributed by atoms with Crippen LogP contribution in [0, 0.1) is 0 Å². The van der Waals surface area contributed by atoms with E-state index in [0.29, 0.717) is 17.6 Å². The van der Waals surface area contributed by atoms with Gasteiger partial charge in [0, 0.05) is 50.1 Å². The van der Waals surface area contributed by atoms with Crippen molar-refractivity contribution in [1.29, 1.82) is 0 Å². The summed E-state index contributed by atoms with van der Waals surface area (Å²) in [5.74, 6) is 1.79. The van der Waals surface area contributed by atoms with Crippen LogP contribution in [0.1, 0.15) is 0 Å². The number of hydrogen-bond acceptors (Lipinski definition) is 4. The SMILES string of the molecule is c1ccc(-c2nc(-c3ccccc3)nc(-n3c4ccc(-c5cccc(-c6cccc(-c7ccccn7)c6)c5)cc4c4cc5c6ccccc6n(-c6ccccc6)c5cc43)n2)cc1. The molecule has 12 aromatic rings. The van der Waals surface area contributed by atoms with Crippen LogP contribution in [0.15, 0.2) is 219 Å². The van der Waals surface area contributed by atoms with Gasteiger partial charge in [-0.05, 0) is 89.0 Å². The first kappa shape index (κ1) is 35.5. The lowest BCUT2D eigenvalue weighted by Gasteiger charge is -2.12. The zero-order valence-corrected chi connectivity index (χ0v) is 33.5. The number of para-hydroxylation sites is 2. The number of benzene rings is 8. The van der Waals surface area contributed by atoms with Gasteiger partial charge >= 0.3 is 0 Å². The molecular formula is C56H36N6. The van der Waals surface area contributed by atoms with Crippen molar-refractivity contribution in [2.75, 3.05) is 0 Å². The number of fused-ring (bicyclic) bond motifs is 6. The predicted molar refractivity (Wildman–Crippen MR) is 253 cm³/mol. The Bertz CT molecular complexity index is 3560. The second-order valence-electron chi connectivity index (χ2n) is 15.5. The zero-order chi connectivity index (χ0) is 41.0. The molecule has 0 amide bonds. The fourth-order valence-electron chi connectivity index (χ4n) is 8.90. The third kappa shape index (κ3) is 6.04. The van der Waals surface area contributed by atoms with Crippen molar-refractivity contribution in [2.24, 2.45) is 0 Å². The van der Waals surface area contributed by atoms with E-state index in [9.17, 15) is 0 Å². The van der Waals surface area contributed by atoms with Gasteiger partial charge in [0.15, 0.2) is 11.6 Å². The highest BCUT2D eigenvalue weighted by Gasteiger charge is 2.22. The van der Waals surface area contributed by atoms with Gasteiger partial charge in [0.05, 0.1) is 27.8 Å². The summed E-state index contributed by atoms with van der Waals surface area (Å²) in [7, 11) is 0. The molecule has 6 heteroatoms. The molecule has 0 spiro atoms. The molecule has 0 bridgehead atoms. The van der Waals surface area contributed by atoms with Crippen molar-refractivity contribution in [3.63, 3.8) is 0 Å². The lowest BCUT2D eigenvalue weighted by atomic mass is 9.96. The Morgan fingerprint density at radius 1 is 0.290 bits per heavy atom. The Morgan fingerprint density at radius 3 is 1.48 bits per heavy atom. The standard InChI is InChI=1S/C56H36N6/c1-4-16-37(17-5-1)54-58-55(38-18-6-2-7-19-38)60-56(59-54)62-51-30-29-42(40-21-14-20-39(32-40)41-22-15-23-43(33-41)49-27-12-13-31-57-49)34-46(51)48-35-47-45-26-10-11-28-50(45)61(52(47)36-53(48)62)44-24-8-3-9-25-44/h1-36H. The molecule has 12 rings (SSSR count). The number of pyridine rings is 1. The van der Waals surface area contributed by atoms with Gasteiger partial charge in [-0.15, -0.1) is 0 Å². The van der Waals surface area contributed by atoms with Crippen molar-refractivity contribution < 1.29 is 0 Å². The molecule has 0 saturated heterocycles. The molecule has 8 aromatic carbocycles. The van der Waals surface area contributed by atoms with Crippen molar-refractivity contribution >= 4 is 43.6 Å². The number of aromatic nitrogens is 6. The zero-order valence-electron chi connectivity index (χ0n) is 33.5. The van der Waals surface area contributed by atoms with Crippen LogP contribution in [0.4, 0.5) is 0 Å². The Hall–Kier alpha value is -8.48. The minimum atomic E-state index is 0.557. The molecule has 0 unspecified atom stereocenters. The van der Waals surface area contributed by atoms with Crippen LogP contribution < -0.4 is 0 Å². The van der Waals surface area contributed by atoms with Crippen LogP contribution in [-0.2, 0) is 0 Å².